The van der Waals surface area contributed by atoms with Gasteiger partial charge in [0.05, 0.1) is 13.0 Å². The fraction of sp³-hybridized carbons (Fsp3) is 0.667. The largest absolute Gasteiger partial charge is 0.480 e. The lowest BCUT2D eigenvalue weighted by molar-refractivity contribution is -0.140. The number of carbonyl (C=O) groups excluding carboxylic acids is 2. The van der Waals surface area contributed by atoms with Crippen molar-refractivity contribution in [1.29, 1.82) is 0 Å². The van der Waals surface area contributed by atoms with Crippen LogP contribution in [0.5, 0.6) is 0 Å². The Kier molecular flexibility index (Phi) is 6.64. The average Bonchev–Trinajstić information content (AvgIpc) is 2.23. The number of likely N-dealkylation sites (N-methyl/N-ethyl adjacent to an activating group) is 1. The van der Waals surface area contributed by atoms with Crippen molar-refractivity contribution >= 4 is 17.9 Å². The Labute approximate surface area is 98.7 Å². The maximum absolute atomic E-state index is 11.5. The number of methoxy groups -OCH3 is 1. The molecule has 0 spiro atoms. The van der Waals surface area contributed by atoms with Crippen molar-refractivity contribution in [3.05, 3.63) is 0 Å². The third-order valence-electron chi connectivity index (χ3n) is 1.98. The zero-order chi connectivity index (χ0) is 13.4. The Morgan fingerprint density at radius 1 is 1.47 bits per heavy atom. The summed E-state index contributed by atoms with van der Waals surface area (Å²) in [5.74, 6) is -2.10. The SMILES string of the molecule is COCCN(C)C(=O)N[C@H](CC(N)=O)C(=O)O. The average molecular weight is 247 g/mol. The fourth-order valence-corrected chi connectivity index (χ4v) is 0.990. The molecule has 0 rings (SSSR count). The molecular weight excluding hydrogens is 230 g/mol. The summed E-state index contributed by atoms with van der Waals surface area (Å²) >= 11 is 0. The molecule has 0 saturated carbocycles. The number of hydrogen-bond acceptors (Lipinski definition) is 4. The Morgan fingerprint density at radius 3 is 2.47 bits per heavy atom. The van der Waals surface area contributed by atoms with Crippen LogP contribution < -0.4 is 11.1 Å². The highest BCUT2D eigenvalue weighted by Crippen LogP contribution is 1.94. The van der Waals surface area contributed by atoms with E-state index in [1.165, 1.54) is 19.1 Å². The summed E-state index contributed by atoms with van der Waals surface area (Å²) in [6, 6.07) is -1.92. The van der Waals surface area contributed by atoms with E-state index in [1.807, 2.05) is 0 Å². The highest BCUT2D eigenvalue weighted by Gasteiger charge is 2.23. The molecule has 3 amide bonds. The number of carboxylic acid groups (broad SMARTS) is 1. The normalized spacial score (nSPS) is 11.6. The van der Waals surface area contributed by atoms with Gasteiger partial charge in [0, 0.05) is 20.7 Å². The summed E-state index contributed by atoms with van der Waals surface area (Å²) in [6.45, 7) is 0.642. The molecule has 0 aromatic rings. The van der Waals surface area contributed by atoms with Crippen molar-refractivity contribution in [3.63, 3.8) is 0 Å². The van der Waals surface area contributed by atoms with Crippen molar-refractivity contribution in [2.45, 2.75) is 12.5 Å². The number of nitrogens with zero attached hydrogens (tertiary/aromatic N) is 1. The molecule has 0 aromatic carbocycles. The molecule has 8 heteroatoms. The molecule has 0 saturated heterocycles. The standard InChI is InChI=1S/C9H17N3O5/c1-12(3-4-17-2)9(16)11-6(8(14)15)5-7(10)13/h6H,3-5H2,1-2H3,(H2,10,13)(H,11,16)(H,14,15)/t6-/m1/s1. The molecule has 98 valence electrons. The molecule has 1 atom stereocenters. The van der Waals surface area contributed by atoms with Crippen LogP contribution in [0.4, 0.5) is 4.79 Å². The minimum Gasteiger partial charge on any atom is -0.480 e. The van der Waals surface area contributed by atoms with Gasteiger partial charge in [-0.25, -0.2) is 9.59 Å². The zero-order valence-electron chi connectivity index (χ0n) is 9.80. The van der Waals surface area contributed by atoms with Gasteiger partial charge >= 0.3 is 12.0 Å². The van der Waals surface area contributed by atoms with E-state index >= 15 is 0 Å². The van der Waals surface area contributed by atoms with Crippen LogP contribution in [-0.2, 0) is 14.3 Å². The number of nitrogens with one attached hydrogen (secondary N) is 1. The minimum absolute atomic E-state index is 0.311. The number of urea groups is 1. The summed E-state index contributed by atoms with van der Waals surface area (Å²) in [4.78, 5) is 34.1. The lowest BCUT2D eigenvalue weighted by atomic mass is 10.2. The van der Waals surface area contributed by atoms with Crippen molar-refractivity contribution in [1.82, 2.24) is 10.2 Å². The fourth-order valence-electron chi connectivity index (χ4n) is 0.990. The number of rotatable bonds is 7. The lowest BCUT2D eigenvalue weighted by Gasteiger charge is -2.20. The number of carboxylic acids is 1. The van der Waals surface area contributed by atoms with Gasteiger partial charge in [-0.05, 0) is 0 Å². The molecule has 0 radical (unpaired) electrons. The number of nitrogens with two attached hydrogens (primary N) is 1. The number of primary amides is 1. The monoisotopic (exact) mass is 247 g/mol. The highest BCUT2D eigenvalue weighted by atomic mass is 16.5. The van der Waals surface area contributed by atoms with Gasteiger partial charge in [0.1, 0.15) is 6.04 Å². The smallest absolute Gasteiger partial charge is 0.326 e. The second kappa shape index (κ2) is 7.44. The maximum atomic E-state index is 11.5. The van der Waals surface area contributed by atoms with Crippen LogP contribution in [0.25, 0.3) is 0 Å². The van der Waals surface area contributed by atoms with Gasteiger partial charge in [-0.2, -0.15) is 0 Å². The van der Waals surface area contributed by atoms with Gasteiger partial charge in [0.25, 0.3) is 0 Å². The molecule has 0 aliphatic carbocycles. The van der Waals surface area contributed by atoms with Crippen molar-refractivity contribution < 1.29 is 24.2 Å². The lowest BCUT2D eigenvalue weighted by Crippen LogP contribution is -2.48. The maximum Gasteiger partial charge on any atom is 0.326 e. The van der Waals surface area contributed by atoms with Crippen LogP contribution >= 0.6 is 0 Å². The van der Waals surface area contributed by atoms with Gasteiger partial charge in [0.2, 0.25) is 5.91 Å². The molecule has 0 aliphatic rings. The molecule has 0 bridgehead atoms. The van der Waals surface area contributed by atoms with Crippen LogP contribution in [-0.4, -0.2) is 61.3 Å². The van der Waals surface area contributed by atoms with E-state index in [9.17, 15) is 14.4 Å². The molecule has 8 nitrogen and oxygen atoms in total. The van der Waals surface area contributed by atoms with Crippen LogP contribution in [0, 0.1) is 0 Å². The summed E-state index contributed by atoms with van der Waals surface area (Å²) in [7, 11) is 2.97. The van der Waals surface area contributed by atoms with E-state index in [2.05, 4.69) is 5.32 Å². The predicted molar refractivity (Wildman–Crippen MR) is 58.3 cm³/mol. The van der Waals surface area contributed by atoms with Crippen LogP contribution in [0.2, 0.25) is 0 Å². The van der Waals surface area contributed by atoms with Crippen molar-refractivity contribution in [2.24, 2.45) is 5.73 Å². The van der Waals surface area contributed by atoms with Gasteiger partial charge in [0.15, 0.2) is 0 Å². The Bertz CT molecular complexity index is 294. The number of aliphatic carboxylic acids is 1. The number of ether oxygens (including phenoxy) is 1. The summed E-state index contributed by atoms with van der Waals surface area (Å²) in [5, 5.41) is 11.0. The van der Waals surface area contributed by atoms with Crippen molar-refractivity contribution in [2.75, 3.05) is 27.3 Å². The third-order valence-corrected chi connectivity index (χ3v) is 1.98. The van der Waals surface area contributed by atoms with E-state index in [1.54, 1.807) is 0 Å². The quantitative estimate of drug-likeness (QED) is 0.511. The Balaban J connectivity index is 4.29. The van der Waals surface area contributed by atoms with E-state index in [4.69, 9.17) is 15.6 Å². The minimum atomic E-state index is -1.31. The molecule has 0 fully saturated rings. The summed E-state index contributed by atoms with van der Waals surface area (Å²) in [5.41, 5.74) is 4.88. The molecule has 4 N–H and O–H groups in total. The molecule has 0 aliphatic heterocycles. The zero-order valence-corrected chi connectivity index (χ0v) is 9.80. The summed E-state index contributed by atoms with van der Waals surface area (Å²) in [6.07, 6.45) is -0.445. The molecule has 0 unspecified atom stereocenters. The second-order valence-electron chi connectivity index (χ2n) is 3.43. The number of carbonyl (C=O) groups is 3. The van der Waals surface area contributed by atoms with Crippen LogP contribution in [0.1, 0.15) is 6.42 Å². The van der Waals surface area contributed by atoms with Gasteiger partial charge < -0.3 is 25.8 Å². The predicted octanol–water partition coefficient (Wildman–Crippen LogP) is -1.40. The number of hydrogen-bond donors (Lipinski definition) is 3. The Morgan fingerprint density at radius 2 is 2.06 bits per heavy atom. The third kappa shape index (κ3) is 6.36. The van der Waals surface area contributed by atoms with E-state index < -0.39 is 30.4 Å². The van der Waals surface area contributed by atoms with E-state index in [0.29, 0.717) is 13.2 Å². The first kappa shape index (κ1) is 15.2. The molecule has 17 heavy (non-hydrogen) atoms. The van der Waals surface area contributed by atoms with E-state index in [-0.39, 0.29) is 0 Å². The first-order valence-electron chi connectivity index (χ1n) is 4.90. The van der Waals surface area contributed by atoms with Crippen LogP contribution in [0.3, 0.4) is 0 Å². The first-order chi connectivity index (χ1) is 7.88. The molecule has 0 aromatic heterocycles. The van der Waals surface area contributed by atoms with Gasteiger partial charge in [-0.1, -0.05) is 0 Å². The second-order valence-corrected chi connectivity index (χ2v) is 3.43. The molecule has 0 heterocycles. The molecular formula is C9H17N3O5. The first-order valence-corrected chi connectivity index (χ1v) is 4.90. The van der Waals surface area contributed by atoms with E-state index in [0.717, 1.165) is 0 Å². The Hall–Kier alpha value is -1.83. The summed E-state index contributed by atoms with van der Waals surface area (Å²) < 4.78 is 4.77. The van der Waals surface area contributed by atoms with Crippen molar-refractivity contribution in [3.8, 4) is 0 Å². The van der Waals surface area contributed by atoms with Gasteiger partial charge in [-0.3, -0.25) is 4.79 Å². The number of amides is 3. The van der Waals surface area contributed by atoms with Crippen LogP contribution in [0.15, 0.2) is 0 Å². The topological polar surface area (TPSA) is 122 Å². The van der Waals surface area contributed by atoms with Gasteiger partial charge in [-0.15, -0.1) is 0 Å². The highest BCUT2D eigenvalue weighted by molar-refractivity contribution is 5.87.